The van der Waals surface area contributed by atoms with Crippen LogP contribution in [-0.4, -0.2) is 40.6 Å². The molecule has 6 rings (SSSR count). The molecule has 0 aromatic heterocycles. The van der Waals surface area contributed by atoms with Crippen molar-refractivity contribution >= 4 is 5.91 Å². The molecule has 4 aliphatic carbocycles. The molecule has 1 saturated heterocycles. The number of nitrogens with zero attached hydrogens (tertiary/aromatic N) is 1. The summed E-state index contributed by atoms with van der Waals surface area (Å²) < 4.78 is 13.6. The minimum absolute atomic E-state index is 0.0972. The maximum Gasteiger partial charge on any atom is 0.223 e. The highest BCUT2D eigenvalue weighted by Gasteiger charge is 2.62. The standard InChI is InChI=1S/C21H27FN2O2/c22-17-3-1-14(2-4-17)21(10-19(25)24-11-18(23)12-24)15-5-13-6-16(21)9-20(26,7-13)8-15/h1-4,13,15-16,18,26H,5-12,23H2. The minimum atomic E-state index is -0.553. The molecule has 5 heteroatoms. The molecular weight excluding hydrogens is 331 g/mol. The second-order valence-electron chi connectivity index (χ2n) is 9.35. The molecule has 0 spiro atoms. The molecule has 1 amide bonds. The van der Waals surface area contributed by atoms with Crippen LogP contribution in [0.15, 0.2) is 24.3 Å². The molecule has 4 saturated carbocycles. The maximum atomic E-state index is 13.6. The lowest BCUT2D eigenvalue weighted by Gasteiger charge is -2.64. The Balaban J connectivity index is 1.53. The summed E-state index contributed by atoms with van der Waals surface area (Å²) in [7, 11) is 0. The molecule has 2 atom stereocenters. The summed E-state index contributed by atoms with van der Waals surface area (Å²) in [5, 5.41) is 11.0. The summed E-state index contributed by atoms with van der Waals surface area (Å²) in [5.41, 5.74) is 6.12. The highest BCUT2D eigenvalue weighted by molar-refractivity contribution is 5.79. The van der Waals surface area contributed by atoms with Gasteiger partial charge < -0.3 is 15.7 Å². The first kappa shape index (κ1) is 16.7. The van der Waals surface area contributed by atoms with Crippen molar-refractivity contribution in [2.75, 3.05) is 13.1 Å². The van der Waals surface area contributed by atoms with E-state index in [0.29, 0.717) is 37.3 Å². The lowest BCUT2D eigenvalue weighted by molar-refractivity contribution is -0.173. The van der Waals surface area contributed by atoms with Crippen LogP contribution in [0.25, 0.3) is 0 Å². The zero-order valence-electron chi connectivity index (χ0n) is 15.0. The van der Waals surface area contributed by atoms with Gasteiger partial charge in [0.2, 0.25) is 5.91 Å². The summed E-state index contributed by atoms with van der Waals surface area (Å²) in [6, 6.07) is 6.87. The van der Waals surface area contributed by atoms with Gasteiger partial charge in [-0.2, -0.15) is 0 Å². The van der Waals surface area contributed by atoms with Gasteiger partial charge in [0.05, 0.1) is 5.60 Å². The predicted octanol–water partition coefficient (Wildman–Crippen LogP) is 2.19. The fourth-order valence-electron chi connectivity index (χ4n) is 6.76. The summed E-state index contributed by atoms with van der Waals surface area (Å²) in [4.78, 5) is 14.9. The Kier molecular flexibility index (Phi) is 3.55. The highest BCUT2D eigenvalue weighted by Crippen LogP contribution is 2.65. The number of halogens is 1. The second-order valence-corrected chi connectivity index (χ2v) is 9.35. The van der Waals surface area contributed by atoms with E-state index in [2.05, 4.69) is 0 Å². The van der Waals surface area contributed by atoms with Crippen LogP contribution in [0.1, 0.15) is 44.1 Å². The fraction of sp³-hybridized carbons (Fsp3) is 0.667. The van der Waals surface area contributed by atoms with Gasteiger partial charge >= 0.3 is 0 Å². The summed E-state index contributed by atoms with van der Waals surface area (Å²) >= 11 is 0. The third-order valence-electron chi connectivity index (χ3n) is 7.70. The summed E-state index contributed by atoms with van der Waals surface area (Å²) in [6.07, 6.45) is 5.05. The molecule has 140 valence electrons. The Hall–Kier alpha value is -1.46. The average Bonchev–Trinajstić information content (AvgIpc) is 2.54. The predicted molar refractivity (Wildman–Crippen MR) is 95.8 cm³/mol. The van der Waals surface area contributed by atoms with Crippen molar-refractivity contribution in [3.63, 3.8) is 0 Å². The molecule has 5 fully saturated rings. The van der Waals surface area contributed by atoms with Gasteiger partial charge in [0.1, 0.15) is 5.82 Å². The van der Waals surface area contributed by atoms with E-state index >= 15 is 0 Å². The van der Waals surface area contributed by atoms with E-state index in [1.807, 2.05) is 17.0 Å². The van der Waals surface area contributed by atoms with Gasteiger partial charge in [-0.25, -0.2) is 4.39 Å². The van der Waals surface area contributed by atoms with Crippen LogP contribution in [0, 0.1) is 23.6 Å². The molecule has 26 heavy (non-hydrogen) atoms. The monoisotopic (exact) mass is 358 g/mol. The van der Waals surface area contributed by atoms with Crippen LogP contribution >= 0.6 is 0 Å². The molecule has 1 aromatic rings. The Bertz CT molecular complexity index is 712. The van der Waals surface area contributed by atoms with E-state index in [1.54, 1.807) is 0 Å². The van der Waals surface area contributed by atoms with Gasteiger partial charge in [0, 0.05) is 31.0 Å². The zero-order valence-corrected chi connectivity index (χ0v) is 15.0. The van der Waals surface area contributed by atoms with E-state index < -0.39 is 5.60 Å². The van der Waals surface area contributed by atoms with E-state index in [4.69, 9.17) is 5.73 Å². The zero-order chi connectivity index (χ0) is 18.1. The number of hydrogen-bond donors (Lipinski definition) is 2. The van der Waals surface area contributed by atoms with Gasteiger partial charge in [-0.15, -0.1) is 0 Å². The Morgan fingerprint density at radius 3 is 2.31 bits per heavy atom. The number of rotatable bonds is 3. The first-order chi connectivity index (χ1) is 12.4. The number of nitrogens with two attached hydrogens (primary N) is 1. The van der Waals surface area contributed by atoms with Crippen LogP contribution in [0.3, 0.4) is 0 Å². The van der Waals surface area contributed by atoms with Gasteiger partial charge in [0.25, 0.3) is 0 Å². The third kappa shape index (κ3) is 2.36. The molecule has 3 N–H and O–H groups in total. The summed E-state index contributed by atoms with van der Waals surface area (Å²) in [6.45, 7) is 1.28. The number of aliphatic hydroxyl groups is 1. The average molecular weight is 358 g/mol. The van der Waals surface area contributed by atoms with Crippen molar-refractivity contribution in [2.24, 2.45) is 23.5 Å². The fourth-order valence-corrected chi connectivity index (χ4v) is 6.76. The van der Waals surface area contributed by atoms with Crippen molar-refractivity contribution in [2.45, 2.75) is 55.6 Å². The normalized spacial score (nSPS) is 41.3. The molecule has 1 aromatic carbocycles. The number of carbonyl (C=O) groups excluding carboxylic acids is 1. The van der Waals surface area contributed by atoms with E-state index in [0.717, 1.165) is 37.7 Å². The van der Waals surface area contributed by atoms with Gasteiger partial charge in [0.15, 0.2) is 0 Å². The highest BCUT2D eigenvalue weighted by atomic mass is 19.1. The van der Waals surface area contributed by atoms with E-state index in [1.165, 1.54) is 12.1 Å². The molecule has 0 radical (unpaired) electrons. The largest absolute Gasteiger partial charge is 0.390 e. The van der Waals surface area contributed by atoms with E-state index in [9.17, 15) is 14.3 Å². The van der Waals surface area contributed by atoms with Gasteiger partial charge in [-0.05, 0) is 67.6 Å². The molecule has 4 nitrogen and oxygen atoms in total. The first-order valence-corrected chi connectivity index (χ1v) is 9.90. The lowest BCUT2D eigenvalue weighted by Crippen LogP contribution is -2.64. The SMILES string of the molecule is NC1CN(C(=O)CC2(c3ccc(F)cc3)C3CC4CC2CC(O)(C4)C3)C1. The Labute approximate surface area is 153 Å². The number of carbonyl (C=O) groups is 1. The van der Waals surface area contributed by atoms with Crippen LogP contribution < -0.4 is 5.73 Å². The molecule has 4 bridgehead atoms. The number of likely N-dealkylation sites (tertiary alicyclic amines) is 1. The Morgan fingerprint density at radius 2 is 1.77 bits per heavy atom. The molecule has 1 aliphatic heterocycles. The van der Waals surface area contributed by atoms with Crippen molar-refractivity contribution in [3.8, 4) is 0 Å². The third-order valence-corrected chi connectivity index (χ3v) is 7.70. The van der Waals surface area contributed by atoms with Crippen molar-refractivity contribution in [1.29, 1.82) is 0 Å². The van der Waals surface area contributed by atoms with Crippen LogP contribution in [0.4, 0.5) is 4.39 Å². The molecule has 1 heterocycles. The minimum Gasteiger partial charge on any atom is -0.390 e. The van der Waals surface area contributed by atoms with E-state index in [-0.39, 0.29) is 23.2 Å². The first-order valence-electron chi connectivity index (χ1n) is 9.90. The Morgan fingerprint density at radius 1 is 1.15 bits per heavy atom. The quantitative estimate of drug-likeness (QED) is 0.870. The number of amides is 1. The molecular formula is C21H27FN2O2. The van der Waals surface area contributed by atoms with Gasteiger partial charge in [-0.3, -0.25) is 4.79 Å². The number of hydrogen-bond acceptors (Lipinski definition) is 3. The molecule has 5 aliphatic rings. The summed E-state index contributed by atoms with van der Waals surface area (Å²) in [5.74, 6) is 1.08. The number of benzene rings is 1. The van der Waals surface area contributed by atoms with Gasteiger partial charge in [-0.1, -0.05) is 12.1 Å². The van der Waals surface area contributed by atoms with Crippen molar-refractivity contribution in [1.82, 2.24) is 4.90 Å². The van der Waals surface area contributed by atoms with Crippen molar-refractivity contribution < 1.29 is 14.3 Å². The lowest BCUT2D eigenvalue weighted by atomic mass is 9.41. The molecule has 2 unspecified atom stereocenters. The van der Waals surface area contributed by atoms with Crippen LogP contribution in [0.5, 0.6) is 0 Å². The smallest absolute Gasteiger partial charge is 0.223 e. The van der Waals surface area contributed by atoms with Crippen LogP contribution in [0.2, 0.25) is 0 Å². The van der Waals surface area contributed by atoms with Crippen LogP contribution in [-0.2, 0) is 10.2 Å². The maximum absolute atomic E-state index is 13.6. The topological polar surface area (TPSA) is 66.6 Å². The van der Waals surface area contributed by atoms with Crippen molar-refractivity contribution in [3.05, 3.63) is 35.6 Å². The second kappa shape index (κ2) is 5.52.